The smallest absolute Gasteiger partial charge is 0.306 e. The maximum absolute atomic E-state index is 12.6. The van der Waals surface area contributed by atoms with Gasteiger partial charge < -0.3 is 9.72 Å². The van der Waals surface area contributed by atoms with Crippen LogP contribution < -0.4 is 5.56 Å². The number of hydrogen-bond acceptors (Lipinski definition) is 6. The number of nitrogens with one attached hydrogen (secondary N) is 1. The number of aromatic amines is 1. The Morgan fingerprint density at radius 2 is 2.19 bits per heavy atom. The van der Waals surface area contributed by atoms with E-state index in [-0.39, 0.29) is 11.5 Å². The summed E-state index contributed by atoms with van der Waals surface area (Å²) < 4.78 is 5.51. The second-order valence-electron chi connectivity index (χ2n) is 7.08. The molecular formula is C20H22N2O3S2. The van der Waals surface area contributed by atoms with Gasteiger partial charge in [0.1, 0.15) is 4.83 Å². The number of H-pyrrole nitrogens is 1. The molecule has 0 radical (unpaired) electrons. The molecular weight excluding hydrogens is 380 g/mol. The van der Waals surface area contributed by atoms with Crippen molar-refractivity contribution in [2.45, 2.75) is 51.6 Å². The van der Waals surface area contributed by atoms with Crippen molar-refractivity contribution in [1.29, 1.82) is 0 Å². The Labute approximate surface area is 165 Å². The van der Waals surface area contributed by atoms with Gasteiger partial charge in [0.25, 0.3) is 5.56 Å². The summed E-state index contributed by atoms with van der Waals surface area (Å²) in [5.41, 5.74) is 0.722. The van der Waals surface area contributed by atoms with Gasteiger partial charge in [0.15, 0.2) is 11.9 Å². The highest BCUT2D eigenvalue weighted by molar-refractivity contribution is 7.18. The van der Waals surface area contributed by atoms with Crippen LogP contribution in [0.5, 0.6) is 0 Å². The minimum atomic E-state index is -0.564. The first-order valence-corrected chi connectivity index (χ1v) is 11.1. The van der Waals surface area contributed by atoms with Crippen LogP contribution in [0.4, 0.5) is 0 Å². The fourth-order valence-corrected chi connectivity index (χ4v) is 5.47. The molecule has 0 aliphatic heterocycles. The number of rotatable bonds is 6. The predicted molar refractivity (Wildman–Crippen MR) is 109 cm³/mol. The largest absolute Gasteiger partial charge is 0.454 e. The summed E-state index contributed by atoms with van der Waals surface area (Å²) in [5, 5.41) is 4.55. The Kier molecular flexibility index (Phi) is 5.41. The molecule has 1 fully saturated rings. The number of esters is 1. The first-order chi connectivity index (χ1) is 13.1. The van der Waals surface area contributed by atoms with Gasteiger partial charge in [-0.1, -0.05) is 31.7 Å². The van der Waals surface area contributed by atoms with Crippen molar-refractivity contribution in [2.24, 2.45) is 5.92 Å². The van der Waals surface area contributed by atoms with Gasteiger partial charge in [-0.2, -0.15) is 0 Å². The van der Waals surface area contributed by atoms with E-state index in [1.54, 1.807) is 18.3 Å². The molecule has 3 heterocycles. The third kappa shape index (κ3) is 3.99. The molecule has 4 rings (SSSR count). The zero-order valence-electron chi connectivity index (χ0n) is 15.2. The van der Waals surface area contributed by atoms with Gasteiger partial charge in [-0.25, -0.2) is 4.98 Å². The molecule has 1 saturated carbocycles. The maximum Gasteiger partial charge on any atom is 0.306 e. The van der Waals surface area contributed by atoms with E-state index in [4.69, 9.17) is 4.74 Å². The number of fused-ring (bicyclic) bond motifs is 1. The van der Waals surface area contributed by atoms with Crippen molar-refractivity contribution in [3.8, 4) is 10.4 Å². The molecule has 7 heteroatoms. The van der Waals surface area contributed by atoms with Crippen molar-refractivity contribution in [3.05, 3.63) is 39.1 Å². The Morgan fingerprint density at radius 3 is 2.93 bits per heavy atom. The number of ether oxygens (including phenoxy) is 1. The molecule has 3 aromatic heterocycles. The fraction of sp³-hybridized carbons (Fsp3) is 0.450. The van der Waals surface area contributed by atoms with E-state index in [2.05, 4.69) is 9.97 Å². The lowest BCUT2D eigenvalue weighted by Gasteiger charge is -2.14. The number of thiophene rings is 2. The number of carbonyl (C=O) groups excluding carboxylic acids is 1. The Hall–Kier alpha value is -1.99. The molecule has 0 spiro atoms. The highest BCUT2D eigenvalue weighted by Crippen LogP contribution is 2.34. The van der Waals surface area contributed by atoms with Crippen LogP contribution in [0, 0.1) is 5.92 Å². The number of carbonyl (C=O) groups is 1. The number of nitrogens with zero attached hydrogens (tertiary/aromatic N) is 1. The molecule has 0 saturated heterocycles. The van der Waals surface area contributed by atoms with Gasteiger partial charge in [-0.3, -0.25) is 9.59 Å². The normalized spacial score (nSPS) is 16.0. The van der Waals surface area contributed by atoms with Crippen molar-refractivity contribution in [1.82, 2.24) is 9.97 Å². The second kappa shape index (κ2) is 7.94. The van der Waals surface area contributed by atoms with Crippen LogP contribution in [0.3, 0.4) is 0 Å². The lowest BCUT2D eigenvalue weighted by molar-refractivity contribution is -0.149. The minimum absolute atomic E-state index is 0.187. The van der Waals surface area contributed by atoms with E-state index in [1.807, 2.05) is 22.9 Å². The van der Waals surface area contributed by atoms with Gasteiger partial charge in [0.05, 0.1) is 5.39 Å². The molecule has 142 valence electrons. The fourth-order valence-electron chi connectivity index (χ4n) is 3.70. The molecule has 5 nitrogen and oxygen atoms in total. The van der Waals surface area contributed by atoms with Crippen molar-refractivity contribution in [2.75, 3.05) is 0 Å². The maximum atomic E-state index is 12.6. The zero-order chi connectivity index (χ0) is 18.8. The molecule has 0 bridgehead atoms. The zero-order valence-corrected chi connectivity index (χ0v) is 16.8. The summed E-state index contributed by atoms with van der Waals surface area (Å²) in [6, 6.07) is 3.96. The van der Waals surface area contributed by atoms with E-state index in [0.717, 1.165) is 16.9 Å². The van der Waals surface area contributed by atoms with Crippen LogP contribution in [-0.2, 0) is 9.53 Å². The van der Waals surface area contributed by atoms with Gasteiger partial charge in [0.2, 0.25) is 0 Å². The quantitative estimate of drug-likeness (QED) is 0.569. The summed E-state index contributed by atoms with van der Waals surface area (Å²) in [6.45, 7) is 1.76. The van der Waals surface area contributed by atoms with Crippen LogP contribution in [0.25, 0.3) is 20.7 Å². The van der Waals surface area contributed by atoms with Gasteiger partial charge in [-0.15, -0.1) is 22.7 Å². The van der Waals surface area contributed by atoms with Crippen LogP contribution in [0.2, 0.25) is 0 Å². The molecule has 1 atom stereocenters. The molecule has 27 heavy (non-hydrogen) atoms. The number of hydrogen-bond donors (Lipinski definition) is 1. The average Bonchev–Trinajstić information content (AvgIpc) is 3.39. The summed E-state index contributed by atoms with van der Waals surface area (Å²) in [5.74, 6) is 0.841. The topological polar surface area (TPSA) is 72.0 Å². The van der Waals surface area contributed by atoms with E-state index in [9.17, 15) is 9.59 Å². The Morgan fingerprint density at radius 1 is 1.37 bits per heavy atom. The highest BCUT2D eigenvalue weighted by Gasteiger charge is 2.20. The van der Waals surface area contributed by atoms with E-state index in [1.165, 1.54) is 37.0 Å². The molecule has 3 aromatic rings. The molecule has 0 aromatic carbocycles. The van der Waals surface area contributed by atoms with E-state index < -0.39 is 6.10 Å². The van der Waals surface area contributed by atoms with Crippen LogP contribution >= 0.6 is 22.7 Å². The van der Waals surface area contributed by atoms with Crippen molar-refractivity contribution in [3.63, 3.8) is 0 Å². The number of aromatic nitrogens is 2. The molecule has 0 unspecified atom stereocenters. The predicted octanol–water partition coefficient (Wildman–Crippen LogP) is 5.29. The lowest BCUT2D eigenvalue weighted by atomic mass is 10.0. The molecule has 0 amide bonds. The third-order valence-electron chi connectivity index (χ3n) is 5.17. The van der Waals surface area contributed by atoms with Gasteiger partial charge >= 0.3 is 5.97 Å². The van der Waals surface area contributed by atoms with Crippen LogP contribution in [0.1, 0.15) is 57.4 Å². The monoisotopic (exact) mass is 402 g/mol. The second-order valence-corrected chi connectivity index (χ2v) is 8.89. The van der Waals surface area contributed by atoms with Crippen LogP contribution in [0.15, 0.2) is 27.7 Å². The highest BCUT2D eigenvalue weighted by atomic mass is 32.1. The minimum Gasteiger partial charge on any atom is -0.454 e. The Bertz CT molecular complexity index is 984. The van der Waals surface area contributed by atoms with E-state index >= 15 is 0 Å². The summed E-state index contributed by atoms with van der Waals surface area (Å²) >= 11 is 3.03. The summed E-state index contributed by atoms with van der Waals surface area (Å²) in [7, 11) is 0. The average molecular weight is 403 g/mol. The third-order valence-corrected chi connectivity index (χ3v) is 6.95. The Balaban J connectivity index is 1.48. The van der Waals surface area contributed by atoms with Crippen LogP contribution in [-0.4, -0.2) is 15.9 Å². The first kappa shape index (κ1) is 18.4. The molecule has 1 aliphatic carbocycles. The summed E-state index contributed by atoms with van der Waals surface area (Å²) in [4.78, 5) is 33.9. The lowest BCUT2D eigenvalue weighted by Crippen LogP contribution is -2.17. The molecule has 1 aliphatic rings. The SMILES string of the molecule is C[C@@H](OC(=O)CCC1CCCC1)c1nc2scc(-c3cccs3)c2c(=O)[nH]1. The summed E-state index contributed by atoms with van der Waals surface area (Å²) in [6.07, 6.45) is 5.75. The first-order valence-electron chi connectivity index (χ1n) is 9.36. The van der Waals surface area contributed by atoms with E-state index in [0.29, 0.717) is 28.4 Å². The van der Waals surface area contributed by atoms with Crippen molar-refractivity contribution >= 4 is 38.9 Å². The standard InChI is InChI=1S/C20H22N2O3S2/c1-12(25-16(23)9-8-13-5-2-3-6-13)18-21-19(24)17-14(11-27-20(17)22-18)15-7-4-10-26-15/h4,7,10-13H,2-3,5-6,8-9H2,1H3,(H,21,22,24)/t12-/m1/s1. The molecule has 1 N–H and O–H groups in total. The van der Waals surface area contributed by atoms with Gasteiger partial charge in [-0.05, 0) is 30.7 Å². The van der Waals surface area contributed by atoms with Crippen molar-refractivity contribution < 1.29 is 9.53 Å². The van der Waals surface area contributed by atoms with Gasteiger partial charge in [0, 0.05) is 22.2 Å².